The summed E-state index contributed by atoms with van der Waals surface area (Å²) in [6.07, 6.45) is 1.35. The van der Waals surface area contributed by atoms with Crippen LogP contribution in [0.1, 0.15) is 5.82 Å². The molecule has 0 amide bonds. The molecule has 1 heterocycles. The number of nitro benzene ring substituents is 1. The number of nitriles is 1. The average Bonchev–Trinajstić information content (AvgIpc) is 2.86. The van der Waals surface area contributed by atoms with Gasteiger partial charge in [-0.25, -0.2) is 9.67 Å². The summed E-state index contributed by atoms with van der Waals surface area (Å²) in [7, 11) is 1.34. The van der Waals surface area contributed by atoms with E-state index in [-0.39, 0.29) is 17.3 Å². The Kier molecular flexibility index (Phi) is 2.89. The van der Waals surface area contributed by atoms with Crippen LogP contribution in [0.15, 0.2) is 24.5 Å². The van der Waals surface area contributed by atoms with E-state index in [0.717, 1.165) is 0 Å². The number of nitrogens with zero attached hydrogens (tertiary/aromatic N) is 5. The van der Waals surface area contributed by atoms with E-state index in [9.17, 15) is 10.1 Å². The Morgan fingerprint density at radius 3 is 2.89 bits per heavy atom. The van der Waals surface area contributed by atoms with Crippen molar-refractivity contribution in [1.82, 2.24) is 14.8 Å². The zero-order valence-corrected chi connectivity index (χ0v) is 9.27. The Balaban J connectivity index is 2.47. The molecule has 0 aliphatic carbocycles. The monoisotopic (exact) mass is 245 g/mol. The maximum atomic E-state index is 10.7. The molecule has 0 radical (unpaired) electrons. The molecule has 8 nitrogen and oxygen atoms in total. The highest BCUT2D eigenvalue weighted by atomic mass is 16.6. The van der Waals surface area contributed by atoms with Gasteiger partial charge in [0, 0.05) is 12.1 Å². The van der Waals surface area contributed by atoms with Crippen LogP contribution in [0, 0.1) is 21.4 Å². The maximum Gasteiger partial charge on any atom is 0.311 e. The third-order valence-electron chi connectivity index (χ3n) is 2.22. The molecule has 8 heteroatoms. The molecule has 90 valence electrons. The van der Waals surface area contributed by atoms with Crippen molar-refractivity contribution in [1.29, 1.82) is 5.26 Å². The number of aromatic nitrogens is 3. The summed E-state index contributed by atoms with van der Waals surface area (Å²) in [5.41, 5.74) is 0.383. The summed E-state index contributed by atoms with van der Waals surface area (Å²) >= 11 is 0. The van der Waals surface area contributed by atoms with Crippen LogP contribution in [0.3, 0.4) is 0 Å². The summed E-state index contributed by atoms with van der Waals surface area (Å²) in [6.45, 7) is 0. The van der Waals surface area contributed by atoms with Crippen LogP contribution < -0.4 is 4.74 Å². The van der Waals surface area contributed by atoms with Gasteiger partial charge in [0.1, 0.15) is 12.4 Å². The van der Waals surface area contributed by atoms with E-state index in [1.165, 1.54) is 36.3 Å². The zero-order valence-electron chi connectivity index (χ0n) is 9.27. The van der Waals surface area contributed by atoms with Gasteiger partial charge in [-0.1, -0.05) is 0 Å². The van der Waals surface area contributed by atoms with Gasteiger partial charge in [-0.05, 0) is 6.07 Å². The minimum absolute atomic E-state index is 0.0207. The van der Waals surface area contributed by atoms with Gasteiger partial charge in [-0.3, -0.25) is 10.1 Å². The molecule has 0 aliphatic rings. The second-order valence-corrected chi connectivity index (χ2v) is 3.24. The van der Waals surface area contributed by atoms with Crippen LogP contribution in [0.2, 0.25) is 0 Å². The smallest absolute Gasteiger partial charge is 0.311 e. The van der Waals surface area contributed by atoms with E-state index in [2.05, 4.69) is 10.1 Å². The summed E-state index contributed by atoms with van der Waals surface area (Å²) < 4.78 is 6.27. The van der Waals surface area contributed by atoms with E-state index >= 15 is 0 Å². The molecule has 2 rings (SSSR count). The minimum atomic E-state index is -0.537. The van der Waals surface area contributed by atoms with Gasteiger partial charge in [-0.15, -0.1) is 5.10 Å². The molecule has 0 atom stereocenters. The Morgan fingerprint density at radius 1 is 1.56 bits per heavy atom. The van der Waals surface area contributed by atoms with E-state index in [0.29, 0.717) is 5.69 Å². The van der Waals surface area contributed by atoms with Gasteiger partial charge in [-0.2, -0.15) is 5.26 Å². The highest BCUT2D eigenvalue weighted by molar-refractivity contribution is 5.52. The lowest BCUT2D eigenvalue weighted by atomic mass is 10.2. The van der Waals surface area contributed by atoms with Crippen molar-refractivity contribution in [3.63, 3.8) is 0 Å². The molecule has 0 aliphatic heterocycles. The molecule has 0 fully saturated rings. The molecular formula is C10H7N5O3. The second-order valence-electron chi connectivity index (χ2n) is 3.24. The van der Waals surface area contributed by atoms with Crippen molar-refractivity contribution in [2.24, 2.45) is 0 Å². The third kappa shape index (κ3) is 1.97. The summed E-state index contributed by atoms with van der Waals surface area (Å²) in [6, 6.07) is 6.05. The molecule has 0 bridgehead atoms. The SMILES string of the molecule is COc1cc(-n2cnc(C#N)n2)ccc1[N+](=O)[O-]. The summed E-state index contributed by atoms with van der Waals surface area (Å²) in [5.74, 6) is 0.138. The number of nitro groups is 1. The number of hydrogen-bond donors (Lipinski definition) is 0. The van der Waals surface area contributed by atoms with E-state index < -0.39 is 4.92 Å². The topological polar surface area (TPSA) is 107 Å². The highest BCUT2D eigenvalue weighted by Gasteiger charge is 2.15. The molecule has 0 saturated heterocycles. The van der Waals surface area contributed by atoms with Crippen LogP contribution in [0.4, 0.5) is 5.69 Å². The van der Waals surface area contributed by atoms with Gasteiger partial charge in [0.15, 0.2) is 5.75 Å². The lowest BCUT2D eigenvalue weighted by Gasteiger charge is -2.04. The van der Waals surface area contributed by atoms with Gasteiger partial charge < -0.3 is 4.74 Å². The first kappa shape index (κ1) is 11.5. The predicted molar refractivity (Wildman–Crippen MR) is 59.3 cm³/mol. The molecule has 18 heavy (non-hydrogen) atoms. The fourth-order valence-corrected chi connectivity index (χ4v) is 1.40. The van der Waals surface area contributed by atoms with Crippen LogP contribution in [0.5, 0.6) is 5.75 Å². The van der Waals surface area contributed by atoms with Crippen molar-refractivity contribution in [2.45, 2.75) is 0 Å². The van der Waals surface area contributed by atoms with E-state index in [1.54, 1.807) is 6.07 Å². The molecule has 0 N–H and O–H groups in total. The first-order valence-electron chi connectivity index (χ1n) is 4.80. The van der Waals surface area contributed by atoms with E-state index in [1.807, 2.05) is 0 Å². The molecule has 0 saturated carbocycles. The first-order valence-corrected chi connectivity index (χ1v) is 4.80. The third-order valence-corrected chi connectivity index (χ3v) is 2.22. The fourth-order valence-electron chi connectivity index (χ4n) is 1.40. The lowest BCUT2D eigenvalue weighted by Crippen LogP contribution is -1.99. The summed E-state index contributed by atoms with van der Waals surface area (Å²) in [5, 5.41) is 23.2. The van der Waals surface area contributed by atoms with E-state index in [4.69, 9.17) is 10.00 Å². The van der Waals surface area contributed by atoms with Crippen LogP contribution in [0.25, 0.3) is 5.69 Å². The Hall–Kier alpha value is -2.95. The normalized spacial score (nSPS) is 9.78. The van der Waals surface area contributed by atoms with Crippen molar-refractivity contribution in [3.05, 3.63) is 40.5 Å². The minimum Gasteiger partial charge on any atom is -0.490 e. The Morgan fingerprint density at radius 2 is 2.33 bits per heavy atom. The second kappa shape index (κ2) is 4.50. The van der Waals surface area contributed by atoms with Crippen LogP contribution >= 0.6 is 0 Å². The van der Waals surface area contributed by atoms with Gasteiger partial charge in [0.05, 0.1) is 17.7 Å². The van der Waals surface area contributed by atoms with Gasteiger partial charge in [0.2, 0.25) is 0 Å². The van der Waals surface area contributed by atoms with Crippen molar-refractivity contribution in [2.75, 3.05) is 7.11 Å². The van der Waals surface area contributed by atoms with Crippen LogP contribution in [-0.2, 0) is 0 Å². The maximum absolute atomic E-state index is 10.7. The number of rotatable bonds is 3. The Bertz CT molecular complexity index is 643. The average molecular weight is 245 g/mol. The van der Waals surface area contributed by atoms with Crippen molar-refractivity contribution < 1.29 is 9.66 Å². The predicted octanol–water partition coefficient (Wildman–Crippen LogP) is 1.06. The van der Waals surface area contributed by atoms with Gasteiger partial charge in [0.25, 0.3) is 5.82 Å². The molecular weight excluding hydrogens is 238 g/mol. The highest BCUT2D eigenvalue weighted by Crippen LogP contribution is 2.28. The van der Waals surface area contributed by atoms with Crippen molar-refractivity contribution >= 4 is 5.69 Å². The molecule has 0 spiro atoms. The number of ether oxygens (including phenoxy) is 1. The number of benzene rings is 1. The standard InChI is InChI=1S/C10H7N5O3/c1-18-9-4-7(2-3-8(9)15(16)17)14-6-12-10(5-11)13-14/h2-4,6H,1H3. The quantitative estimate of drug-likeness (QED) is 0.591. The van der Waals surface area contributed by atoms with Crippen LogP contribution in [-0.4, -0.2) is 26.8 Å². The first-order chi connectivity index (χ1) is 8.65. The lowest BCUT2D eigenvalue weighted by molar-refractivity contribution is -0.385. The number of hydrogen-bond acceptors (Lipinski definition) is 6. The largest absolute Gasteiger partial charge is 0.490 e. The molecule has 1 aromatic heterocycles. The fraction of sp³-hybridized carbons (Fsp3) is 0.100. The molecule has 2 aromatic rings. The number of methoxy groups -OCH3 is 1. The van der Waals surface area contributed by atoms with Crippen molar-refractivity contribution in [3.8, 4) is 17.5 Å². The summed E-state index contributed by atoms with van der Waals surface area (Å²) in [4.78, 5) is 13.9. The molecule has 1 aromatic carbocycles. The Labute approximate surface area is 101 Å². The van der Waals surface area contributed by atoms with Gasteiger partial charge >= 0.3 is 5.69 Å². The zero-order chi connectivity index (χ0) is 13.1. The molecule has 0 unspecified atom stereocenters.